The van der Waals surface area contributed by atoms with Gasteiger partial charge in [0.05, 0.1) is 23.1 Å². The summed E-state index contributed by atoms with van der Waals surface area (Å²) in [6, 6.07) is 13.2. The van der Waals surface area contributed by atoms with Gasteiger partial charge >= 0.3 is 5.97 Å². The second-order valence-corrected chi connectivity index (χ2v) is 10.5. The maximum absolute atomic E-state index is 13.0. The number of ether oxygens (including phenoxy) is 1. The van der Waals surface area contributed by atoms with Gasteiger partial charge in [-0.3, -0.25) is 19.3 Å². The minimum atomic E-state index is -0.690. The molecule has 2 aromatic carbocycles. The standard InChI is InChI=1S/C24H21Br2NO5/c1-13-5-7-14(8-6-13)21(28)12-32-24(31)15-3-2-4-16(9-15)27-22(29)17-10-19(25)20(26)11-18(17)23(27)30/h2-9,17-20H,10-12H2,1H3/t17-,18+,19+,20-. The van der Waals surface area contributed by atoms with Gasteiger partial charge in [-0.05, 0) is 38.0 Å². The molecule has 0 unspecified atom stereocenters. The molecule has 4 rings (SSSR count). The van der Waals surface area contributed by atoms with Crippen molar-refractivity contribution in [2.45, 2.75) is 29.4 Å². The van der Waals surface area contributed by atoms with Gasteiger partial charge in [-0.25, -0.2) is 4.79 Å². The number of hydrogen-bond acceptors (Lipinski definition) is 5. The highest BCUT2D eigenvalue weighted by Crippen LogP contribution is 2.44. The molecule has 1 saturated heterocycles. The Labute approximate surface area is 202 Å². The van der Waals surface area contributed by atoms with Crippen LogP contribution in [0.1, 0.15) is 39.1 Å². The molecule has 6 nitrogen and oxygen atoms in total. The number of rotatable bonds is 5. The van der Waals surface area contributed by atoms with Gasteiger partial charge in [0.25, 0.3) is 0 Å². The number of ketones is 1. The molecule has 1 aliphatic carbocycles. The smallest absolute Gasteiger partial charge is 0.338 e. The Kier molecular flexibility index (Phi) is 6.62. The normalized spacial score (nSPS) is 24.9. The van der Waals surface area contributed by atoms with Gasteiger partial charge in [-0.2, -0.15) is 0 Å². The second kappa shape index (κ2) is 9.27. The van der Waals surface area contributed by atoms with Crippen molar-refractivity contribution in [2.24, 2.45) is 11.8 Å². The second-order valence-electron chi connectivity index (χ2n) is 8.14. The third kappa shape index (κ3) is 4.43. The molecule has 2 aromatic rings. The van der Waals surface area contributed by atoms with Crippen LogP contribution in [0.2, 0.25) is 0 Å². The van der Waals surface area contributed by atoms with Gasteiger partial charge in [0.1, 0.15) is 0 Å². The van der Waals surface area contributed by atoms with E-state index >= 15 is 0 Å². The van der Waals surface area contributed by atoms with Crippen molar-refractivity contribution in [3.05, 3.63) is 65.2 Å². The molecule has 0 N–H and O–H groups in total. The Balaban J connectivity index is 1.47. The van der Waals surface area contributed by atoms with Crippen LogP contribution in [0, 0.1) is 18.8 Å². The van der Waals surface area contributed by atoms with Gasteiger partial charge in [0.15, 0.2) is 12.4 Å². The number of imide groups is 1. The molecular formula is C24H21Br2NO5. The first-order chi connectivity index (χ1) is 15.3. The molecule has 2 amide bonds. The zero-order valence-corrected chi connectivity index (χ0v) is 20.5. The van der Waals surface area contributed by atoms with Crippen LogP contribution < -0.4 is 4.90 Å². The highest BCUT2D eigenvalue weighted by molar-refractivity contribution is 9.12. The Morgan fingerprint density at radius 3 is 2.12 bits per heavy atom. The van der Waals surface area contributed by atoms with E-state index in [0.29, 0.717) is 24.1 Å². The molecular weight excluding hydrogens is 542 g/mol. The Morgan fingerprint density at radius 2 is 1.53 bits per heavy atom. The number of carbonyl (C=O) groups excluding carboxylic acids is 4. The number of amides is 2. The van der Waals surface area contributed by atoms with Crippen LogP contribution in [-0.2, 0) is 14.3 Å². The first-order valence-corrected chi connectivity index (χ1v) is 12.1. The molecule has 0 spiro atoms. The monoisotopic (exact) mass is 561 g/mol. The minimum Gasteiger partial charge on any atom is -0.454 e. The summed E-state index contributed by atoms with van der Waals surface area (Å²) in [5, 5.41) is 0. The third-order valence-electron chi connectivity index (χ3n) is 5.96. The van der Waals surface area contributed by atoms with Crippen molar-refractivity contribution in [1.29, 1.82) is 0 Å². The lowest BCUT2D eigenvalue weighted by atomic mass is 9.81. The van der Waals surface area contributed by atoms with E-state index in [-0.39, 0.29) is 44.7 Å². The number of halogens is 2. The molecule has 0 radical (unpaired) electrons. The molecule has 1 saturated carbocycles. The maximum Gasteiger partial charge on any atom is 0.338 e. The van der Waals surface area contributed by atoms with Crippen LogP contribution in [0.3, 0.4) is 0 Å². The van der Waals surface area contributed by atoms with E-state index in [9.17, 15) is 19.2 Å². The number of anilines is 1. The fourth-order valence-electron chi connectivity index (χ4n) is 4.16. The number of hydrogen-bond donors (Lipinski definition) is 0. The van der Waals surface area contributed by atoms with Crippen LogP contribution in [-0.4, -0.2) is 39.8 Å². The predicted molar refractivity (Wildman–Crippen MR) is 126 cm³/mol. The molecule has 1 heterocycles. The van der Waals surface area contributed by atoms with Crippen molar-refractivity contribution in [3.63, 3.8) is 0 Å². The zero-order chi connectivity index (χ0) is 23.0. The summed E-state index contributed by atoms with van der Waals surface area (Å²) in [5.74, 6) is -2.23. The lowest BCUT2D eigenvalue weighted by molar-refractivity contribution is -0.122. The van der Waals surface area contributed by atoms with E-state index in [0.717, 1.165) is 5.56 Å². The Hall–Kier alpha value is -2.32. The van der Waals surface area contributed by atoms with Gasteiger partial charge in [-0.1, -0.05) is 67.8 Å². The van der Waals surface area contributed by atoms with E-state index in [1.807, 2.05) is 19.1 Å². The molecule has 0 aromatic heterocycles. The van der Waals surface area contributed by atoms with E-state index in [4.69, 9.17) is 4.74 Å². The fourth-order valence-corrected chi connectivity index (χ4v) is 5.40. The minimum absolute atomic E-state index is 0.118. The first kappa shape index (κ1) is 22.9. The number of carbonyl (C=O) groups is 4. The summed E-state index contributed by atoms with van der Waals surface area (Å²) in [6.45, 7) is 1.53. The highest BCUT2D eigenvalue weighted by Gasteiger charge is 2.52. The molecule has 32 heavy (non-hydrogen) atoms. The summed E-state index contributed by atoms with van der Waals surface area (Å²) < 4.78 is 5.18. The zero-order valence-electron chi connectivity index (χ0n) is 17.3. The molecule has 166 valence electrons. The summed E-state index contributed by atoms with van der Waals surface area (Å²) in [7, 11) is 0. The number of alkyl halides is 2. The molecule has 4 atom stereocenters. The molecule has 2 fully saturated rings. The summed E-state index contributed by atoms with van der Waals surface area (Å²) >= 11 is 7.15. The van der Waals surface area contributed by atoms with Crippen molar-refractivity contribution >= 4 is 61.1 Å². The first-order valence-electron chi connectivity index (χ1n) is 10.3. The van der Waals surface area contributed by atoms with Gasteiger partial charge < -0.3 is 4.74 Å². The largest absolute Gasteiger partial charge is 0.454 e. The number of aryl methyl sites for hydroxylation is 1. The topological polar surface area (TPSA) is 80.8 Å². The quantitative estimate of drug-likeness (QED) is 0.233. The van der Waals surface area contributed by atoms with E-state index in [2.05, 4.69) is 31.9 Å². The van der Waals surface area contributed by atoms with Gasteiger partial charge in [0, 0.05) is 15.2 Å². The Bertz CT molecular complexity index is 1060. The molecule has 2 aliphatic rings. The Morgan fingerprint density at radius 1 is 0.938 bits per heavy atom. The molecule has 8 heteroatoms. The highest BCUT2D eigenvalue weighted by atomic mass is 79.9. The number of fused-ring (bicyclic) bond motifs is 1. The molecule has 0 bridgehead atoms. The SMILES string of the molecule is Cc1ccc(C(=O)COC(=O)c2cccc(N3C(=O)[C@H]4C[C@@H](Br)[C@@H](Br)C[C@H]4C3=O)c2)cc1. The lowest BCUT2D eigenvalue weighted by Gasteiger charge is -2.29. The summed E-state index contributed by atoms with van der Waals surface area (Å²) in [5.41, 5.74) is 2.00. The van der Waals surface area contributed by atoms with E-state index in [1.165, 1.54) is 17.0 Å². The van der Waals surface area contributed by atoms with E-state index in [1.54, 1.807) is 24.3 Å². The summed E-state index contributed by atoms with van der Waals surface area (Å²) in [6.07, 6.45) is 1.15. The third-order valence-corrected chi connectivity index (χ3v) is 8.69. The van der Waals surface area contributed by atoms with Crippen LogP contribution in [0.5, 0.6) is 0 Å². The van der Waals surface area contributed by atoms with Crippen LogP contribution >= 0.6 is 31.9 Å². The van der Waals surface area contributed by atoms with Crippen molar-refractivity contribution in [1.82, 2.24) is 0 Å². The van der Waals surface area contributed by atoms with Gasteiger partial charge in [-0.15, -0.1) is 0 Å². The fraction of sp³-hybridized carbons (Fsp3) is 0.333. The average molecular weight is 563 g/mol. The lowest BCUT2D eigenvalue weighted by Crippen LogP contribution is -2.34. The predicted octanol–water partition coefficient (Wildman–Crippen LogP) is 4.46. The van der Waals surface area contributed by atoms with E-state index < -0.39 is 12.6 Å². The van der Waals surface area contributed by atoms with Crippen LogP contribution in [0.25, 0.3) is 0 Å². The van der Waals surface area contributed by atoms with Crippen molar-refractivity contribution < 1.29 is 23.9 Å². The van der Waals surface area contributed by atoms with Crippen LogP contribution in [0.15, 0.2) is 48.5 Å². The summed E-state index contributed by atoms with van der Waals surface area (Å²) in [4.78, 5) is 52.2. The average Bonchev–Trinajstić information content (AvgIpc) is 3.02. The van der Waals surface area contributed by atoms with Gasteiger partial charge in [0.2, 0.25) is 11.8 Å². The maximum atomic E-state index is 13.0. The number of Topliss-reactive ketones (excluding diaryl/α,β-unsaturated/α-hetero) is 1. The van der Waals surface area contributed by atoms with Crippen LogP contribution in [0.4, 0.5) is 5.69 Å². The number of nitrogens with zero attached hydrogens (tertiary/aromatic N) is 1. The van der Waals surface area contributed by atoms with Crippen molar-refractivity contribution in [3.8, 4) is 0 Å². The number of esters is 1. The molecule has 1 aliphatic heterocycles. The van der Waals surface area contributed by atoms with Crippen molar-refractivity contribution in [2.75, 3.05) is 11.5 Å². The number of benzene rings is 2.